The number of nitrogens with one attached hydrogen (secondary N) is 1. The maximum Gasteiger partial charge on any atom is 0.0337 e. The van der Waals surface area contributed by atoms with Crippen LogP contribution >= 0.6 is 0 Å². The molecular weight excluding hydrogens is 194 g/mol. The van der Waals surface area contributed by atoms with Crippen molar-refractivity contribution < 1.29 is 0 Å². The largest absolute Gasteiger partial charge is 0.311 e. The van der Waals surface area contributed by atoms with E-state index in [1.807, 2.05) is 7.05 Å². The summed E-state index contributed by atoms with van der Waals surface area (Å²) in [7, 11) is 2.03. The van der Waals surface area contributed by atoms with Gasteiger partial charge in [0.1, 0.15) is 0 Å². The molecule has 2 rings (SSSR count). The van der Waals surface area contributed by atoms with Crippen molar-refractivity contribution in [2.75, 3.05) is 7.05 Å². The van der Waals surface area contributed by atoms with Crippen LogP contribution in [0.1, 0.15) is 37.0 Å². The molecule has 0 fully saturated rings. The van der Waals surface area contributed by atoms with E-state index in [-0.39, 0.29) is 5.54 Å². The topological polar surface area (TPSA) is 12.0 Å². The van der Waals surface area contributed by atoms with Crippen molar-refractivity contribution in [3.8, 4) is 0 Å². The maximum atomic E-state index is 3.39. The van der Waals surface area contributed by atoms with E-state index in [2.05, 4.69) is 50.4 Å². The fourth-order valence-corrected chi connectivity index (χ4v) is 2.26. The van der Waals surface area contributed by atoms with Crippen molar-refractivity contribution in [1.82, 2.24) is 5.32 Å². The summed E-state index contributed by atoms with van der Waals surface area (Å²) in [6.07, 6.45) is 4.71. The molecule has 86 valence electrons. The SMILES string of the molecule is CNC(C)(C)C1=Cc2cc(C)ccc2CC1. The van der Waals surface area contributed by atoms with Crippen LogP contribution < -0.4 is 5.32 Å². The molecule has 0 unspecified atom stereocenters. The lowest BCUT2D eigenvalue weighted by atomic mass is 9.82. The predicted molar refractivity (Wildman–Crippen MR) is 70.6 cm³/mol. The third-order valence-electron chi connectivity index (χ3n) is 3.72. The van der Waals surface area contributed by atoms with Crippen molar-refractivity contribution >= 4 is 6.08 Å². The Morgan fingerprint density at radius 2 is 1.94 bits per heavy atom. The first kappa shape index (κ1) is 11.4. The minimum Gasteiger partial charge on any atom is -0.311 e. The zero-order valence-corrected chi connectivity index (χ0v) is 10.7. The van der Waals surface area contributed by atoms with Crippen molar-refractivity contribution in [2.45, 2.75) is 39.2 Å². The Labute approximate surface area is 98.6 Å². The molecule has 1 aromatic rings. The number of hydrogen-bond acceptors (Lipinski definition) is 1. The van der Waals surface area contributed by atoms with Crippen LogP contribution in [0.15, 0.2) is 23.8 Å². The highest BCUT2D eigenvalue weighted by Crippen LogP contribution is 2.30. The Morgan fingerprint density at radius 3 is 2.62 bits per heavy atom. The van der Waals surface area contributed by atoms with Gasteiger partial charge in [-0.3, -0.25) is 0 Å². The van der Waals surface area contributed by atoms with E-state index in [1.54, 1.807) is 0 Å². The third-order valence-corrected chi connectivity index (χ3v) is 3.72. The van der Waals surface area contributed by atoms with Gasteiger partial charge in [0.2, 0.25) is 0 Å². The second kappa shape index (κ2) is 4.06. The number of benzene rings is 1. The molecule has 1 heteroatoms. The van der Waals surface area contributed by atoms with E-state index < -0.39 is 0 Å². The second-order valence-electron chi connectivity index (χ2n) is 5.25. The van der Waals surface area contributed by atoms with E-state index in [4.69, 9.17) is 0 Å². The highest BCUT2D eigenvalue weighted by molar-refractivity contribution is 5.62. The normalized spacial score (nSPS) is 15.6. The molecule has 0 bridgehead atoms. The van der Waals surface area contributed by atoms with Crippen LogP contribution in [0.4, 0.5) is 0 Å². The van der Waals surface area contributed by atoms with E-state index in [9.17, 15) is 0 Å². The van der Waals surface area contributed by atoms with Crippen LogP contribution in [0, 0.1) is 6.92 Å². The summed E-state index contributed by atoms with van der Waals surface area (Å²) in [4.78, 5) is 0. The number of aryl methyl sites for hydroxylation is 2. The number of hydrogen-bond donors (Lipinski definition) is 1. The summed E-state index contributed by atoms with van der Waals surface area (Å²) in [5.74, 6) is 0. The fraction of sp³-hybridized carbons (Fsp3) is 0.467. The molecule has 1 aliphatic rings. The molecule has 0 saturated heterocycles. The maximum absolute atomic E-state index is 3.39. The van der Waals surface area contributed by atoms with Gasteiger partial charge in [-0.1, -0.05) is 29.8 Å². The predicted octanol–water partition coefficient (Wildman–Crippen LogP) is 3.32. The summed E-state index contributed by atoms with van der Waals surface area (Å²) in [5.41, 5.74) is 5.86. The smallest absolute Gasteiger partial charge is 0.0337 e. The quantitative estimate of drug-likeness (QED) is 0.798. The molecule has 1 N–H and O–H groups in total. The van der Waals surface area contributed by atoms with Gasteiger partial charge in [0, 0.05) is 5.54 Å². The molecule has 0 aromatic heterocycles. The Kier molecular flexibility index (Phi) is 2.90. The minimum atomic E-state index is 0.113. The van der Waals surface area contributed by atoms with Gasteiger partial charge in [0.15, 0.2) is 0 Å². The van der Waals surface area contributed by atoms with E-state index in [0.29, 0.717) is 0 Å². The van der Waals surface area contributed by atoms with Crippen molar-refractivity contribution in [2.24, 2.45) is 0 Å². The molecule has 1 aliphatic carbocycles. The standard InChI is InChI=1S/C15H21N/c1-11-5-6-12-7-8-14(10-13(12)9-11)15(2,3)16-4/h5-6,9-10,16H,7-8H2,1-4H3. The first-order chi connectivity index (χ1) is 7.53. The average Bonchev–Trinajstić information content (AvgIpc) is 2.28. The van der Waals surface area contributed by atoms with Crippen LogP contribution in [-0.2, 0) is 6.42 Å². The van der Waals surface area contributed by atoms with Crippen molar-refractivity contribution in [3.05, 3.63) is 40.5 Å². The van der Waals surface area contributed by atoms with Gasteiger partial charge in [0.05, 0.1) is 0 Å². The molecule has 1 aromatic carbocycles. The molecule has 16 heavy (non-hydrogen) atoms. The minimum absolute atomic E-state index is 0.113. The summed E-state index contributed by atoms with van der Waals surface area (Å²) in [6, 6.07) is 6.77. The molecule has 0 atom stereocenters. The van der Waals surface area contributed by atoms with Crippen molar-refractivity contribution in [3.63, 3.8) is 0 Å². The van der Waals surface area contributed by atoms with Gasteiger partial charge in [-0.25, -0.2) is 0 Å². The fourth-order valence-electron chi connectivity index (χ4n) is 2.26. The van der Waals surface area contributed by atoms with Gasteiger partial charge in [-0.2, -0.15) is 0 Å². The molecule has 0 heterocycles. The zero-order valence-electron chi connectivity index (χ0n) is 10.7. The lowest BCUT2D eigenvalue weighted by Gasteiger charge is -2.31. The molecule has 1 nitrogen and oxygen atoms in total. The number of fused-ring (bicyclic) bond motifs is 1. The Morgan fingerprint density at radius 1 is 1.19 bits per heavy atom. The van der Waals surface area contributed by atoms with E-state index in [0.717, 1.165) is 0 Å². The third kappa shape index (κ3) is 2.05. The second-order valence-corrected chi connectivity index (χ2v) is 5.25. The molecule has 0 amide bonds. The Hall–Kier alpha value is -1.08. The molecule has 0 radical (unpaired) electrons. The number of likely N-dealkylation sites (N-methyl/N-ethyl adjacent to an activating group) is 1. The van der Waals surface area contributed by atoms with E-state index in [1.165, 1.54) is 35.1 Å². The monoisotopic (exact) mass is 215 g/mol. The lowest BCUT2D eigenvalue weighted by molar-refractivity contribution is 0.481. The molecule has 0 aliphatic heterocycles. The first-order valence-electron chi connectivity index (χ1n) is 6.02. The van der Waals surface area contributed by atoms with Crippen LogP contribution in [0.3, 0.4) is 0 Å². The lowest BCUT2D eigenvalue weighted by Crippen LogP contribution is -2.38. The van der Waals surface area contributed by atoms with Crippen LogP contribution in [0.2, 0.25) is 0 Å². The highest BCUT2D eigenvalue weighted by Gasteiger charge is 2.23. The van der Waals surface area contributed by atoms with Crippen LogP contribution in [-0.4, -0.2) is 12.6 Å². The summed E-state index contributed by atoms with van der Waals surface area (Å²) in [6.45, 7) is 6.66. The zero-order chi connectivity index (χ0) is 11.8. The molecular formula is C15H21N. The average molecular weight is 215 g/mol. The van der Waals surface area contributed by atoms with Gasteiger partial charge in [-0.05, 0) is 57.4 Å². The Bertz CT molecular complexity index is 427. The molecule has 0 spiro atoms. The molecule has 0 saturated carbocycles. The highest BCUT2D eigenvalue weighted by atomic mass is 14.9. The van der Waals surface area contributed by atoms with Gasteiger partial charge in [-0.15, -0.1) is 0 Å². The Balaban J connectivity index is 2.41. The summed E-state index contributed by atoms with van der Waals surface area (Å²) < 4.78 is 0. The van der Waals surface area contributed by atoms with Gasteiger partial charge >= 0.3 is 0 Å². The first-order valence-corrected chi connectivity index (χ1v) is 6.02. The number of rotatable bonds is 2. The van der Waals surface area contributed by atoms with Crippen LogP contribution in [0.5, 0.6) is 0 Å². The van der Waals surface area contributed by atoms with E-state index >= 15 is 0 Å². The van der Waals surface area contributed by atoms with Gasteiger partial charge in [0.25, 0.3) is 0 Å². The van der Waals surface area contributed by atoms with Gasteiger partial charge < -0.3 is 5.32 Å². The van der Waals surface area contributed by atoms with Crippen LogP contribution in [0.25, 0.3) is 6.08 Å². The summed E-state index contributed by atoms with van der Waals surface area (Å²) >= 11 is 0. The summed E-state index contributed by atoms with van der Waals surface area (Å²) in [5, 5.41) is 3.39. The van der Waals surface area contributed by atoms with Crippen molar-refractivity contribution in [1.29, 1.82) is 0 Å².